The molecule has 0 bridgehead atoms. The van der Waals surface area contributed by atoms with Crippen molar-refractivity contribution in [3.63, 3.8) is 0 Å². The summed E-state index contributed by atoms with van der Waals surface area (Å²) >= 11 is 4.83. The number of nitrogens with two attached hydrogens (primary N) is 2. The van der Waals surface area contributed by atoms with Crippen molar-refractivity contribution < 1.29 is 30.6 Å². The van der Waals surface area contributed by atoms with Gasteiger partial charge in [0, 0.05) is 65.9 Å². The number of aliphatic hydroxyl groups excluding tert-OH is 4. The third-order valence-electron chi connectivity index (χ3n) is 18.1. The van der Waals surface area contributed by atoms with Crippen LogP contribution >= 0.6 is 45.2 Å². The van der Waals surface area contributed by atoms with Gasteiger partial charge in [-0.1, -0.05) is 128 Å². The first-order valence-corrected chi connectivity index (χ1v) is 30.8. The molecular formula is C71H66I2N4O8. The highest BCUT2D eigenvalue weighted by atomic mass is 127. The molecule has 0 spiro atoms. The van der Waals surface area contributed by atoms with Crippen LogP contribution < -0.4 is 11.5 Å². The minimum Gasteiger partial charge on any atom is -0.508 e. The molecule has 0 fully saturated rings. The van der Waals surface area contributed by atoms with Crippen LogP contribution in [0.2, 0.25) is 0 Å². The SMILES string of the molecule is C=C/C(=C\C(=C/CC(C1=C2C=CC(O)=C[C@H]2CC=C1I)c1c(I)ccc(C=C)c1/C=C\CO)C(c1c(O)ccc2c1C=C[C@H](N)C2)c1c(N)ccc2cc(O)ccc12)C(C1[C@H](O)CC=C2C=C(N=O)C=C[C@H]21)C1[C@@H](N=O)CC=C2C=C(O)C=C[C@@H]21. The third kappa shape index (κ3) is 11.5. The minimum atomic E-state index is -0.972. The lowest BCUT2D eigenvalue weighted by molar-refractivity contribution is 0.0310. The van der Waals surface area contributed by atoms with Crippen LogP contribution in [-0.4, -0.2) is 55.4 Å². The number of nitrogens with zero attached hydrogens (tertiary/aromatic N) is 2. The number of hydrogen-bond acceptors (Lipinski definition) is 12. The van der Waals surface area contributed by atoms with E-state index in [4.69, 9.17) is 11.5 Å². The van der Waals surface area contributed by atoms with Gasteiger partial charge in [0.05, 0.1) is 18.8 Å². The molecule has 7 aliphatic rings. The van der Waals surface area contributed by atoms with Crippen molar-refractivity contribution in [3.8, 4) is 11.5 Å². The van der Waals surface area contributed by atoms with E-state index >= 15 is 0 Å². The minimum absolute atomic E-state index is 0.00448. The van der Waals surface area contributed by atoms with Gasteiger partial charge in [-0.25, -0.2) is 0 Å². The van der Waals surface area contributed by atoms with Gasteiger partial charge in [-0.3, -0.25) is 0 Å². The summed E-state index contributed by atoms with van der Waals surface area (Å²) in [7, 11) is 0. The summed E-state index contributed by atoms with van der Waals surface area (Å²) in [6, 6.07) is 15.4. The molecule has 7 aliphatic carbocycles. The average Bonchev–Trinajstić information content (AvgIpc) is 2.07. The van der Waals surface area contributed by atoms with Crippen molar-refractivity contribution in [2.45, 2.75) is 62.1 Å². The van der Waals surface area contributed by atoms with Crippen LogP contribution in [0.25, 0.3) is 29.0 Å². The van der Waals surface area contributed by atoms with E-state index in [1.807, 2.05) is 91.1 Å². The number of aromatic hydroxyl groups is 2. The van der Waals surface area contributed by atoms with E-state index in [2.05, 4.69) is 93.0 Å². The molecule has 0 amide bonds. The van der Waals surface area contributed by atoms with Gasteiger partial charge >= 0.3 is 0 Å². The Labute approximate surface area is 521 Å². The molecule has 432 valence electrons. The summed E-state index contributed by atoms with van der Waals surface area (Å²) in [5.41, 5.74) is 25.3. The number of nitroso groups, excluding NO2 is 2. The number of fused-ring (bicyclic) bond motifs is 5. The summed E-state index contributed by atoms with van der Waals surface area (Å²) < 4.78 is 1.98. The first kappa shape index (κ1) is 59.3. The van der Waals surface area contributed by atoms with Gasteiger partial charge in [-0.05, 0) is 233 Å². The molecule has 4 aromatic rings. The smallest absolute Gasteiger partial charge is 0.120 e. The normalized spacial score (nSPS) is 25.5. The summed E-state index contributed by atoms with van der Waals surface area (Å²) in [6.07, 6.45) is 38.8. The zero-order valence-electron chi connectivity index (χ0n) is 46.6. The van der Waals surface area contributed by atoms with Crippen molar-refractivity contribution in [1.82, 2.24) is 0 Å². The topological polar surface area (TPSA) is 232 Å². The highest BCUT2D eigenvalue weighted by Gasteiger charge is 2.49. The van der Waals surface area contributed by atoms with Crippen LogP contribution in [0, 0.1) is 48.9 Å². The maximum absolute atomic E-state index is 13.6. The molecule has 12 nitrogen and oxygen atoms in total. The second-order valence-electron chi connectivity index (χ2n) is 22.8. The van der Waals surface area contributed by atoms with Crippen LogP contribution in [0.1, 0.15) is 76.5 Å². The van der Waals surface area contributed by atoms with Gasteiger partial charge in [0.25, 0.3) is 0 Å². The standard InChI is InChI=1S/C71H66I2N4O8/c1-3-38-8-25-58(72)66(51(38)6-5-31-78)57(67-52-22-16-48(79)35-42(52)9-26-59(67)73)19-7-45(65(68-53-23-17-49(80)36-43(53)10-27-60(68)75)71-55-20-14-46(74)33-40(55)12-29-63(71)83)32-39(4-2)64(69-54-24-18-50(81)37-44(54)11-28-61(69)77-85)70-56-21-15-47(76-84)34-41(56)13-30-62(70)82/h3-8,10-18,20-27,29,32,34-37,42,46,54,56-57,61-62,64-65,69-70,78-83H,1-2,9,19,28,30-31,33,74-75H2/b6-5-,39-32+,45-7+/t42-,46+,54+,56-,57?,61+,62-,64?,65?,69?,70?/m1/s1. The van der Waals surface area contributed by atoms with Crippen molar-refractivity contribution in [3.05, 3.63) is 278 Å². The van der Waals surface area contributed by atoms with Crippen LogP contribution in [0.3, 0.4) is 0 Å². The number of benzene rings is 4. The molecule has 5 unspecified atom stereocenters. The Morgan fingerprint density at radius 1 is 0.800 bits per heavy atom. The Morgan fingerprint density at radius 2 is 1.59 bits per heavy atom. The van der Waals surface area contributed by atoms with Crippen LogP contribution in [-0.2, 0) is 6.42 Å². The quantitative estimate of drug-likeness (QED) is 0.0216. The van der Waals surface area contributed by atoms with Gasteiger partial charge in [0.15, 0.2) is 0 Å². The Hall–Kier alpha value is -7.48. The van der Waals surface area contributed by atoms with E-state index in [1.165, 1.54) is 0 Å². The van der Waals surface area contributed by atoms with E-state index in [1.54, 1.807) is 60.7 Å². The maximum atomic E-state index is 13.6. The van der Waals surface area contributed by atoms with Crippen LogP contribution in [0.5, 0.6) is 11.5 Å². The molecule has 0 heterocycles. The lowest BCUT2D eigenvalue weighted by atomic mass is 9.57. The number of phenols is 2. The van der Waals surface area contributed by atoms with Crippen LogP contribution in [0.15, 0.2) is 236 Å². The average molecular weight is 1360 g/mol. The summed E-state index contributed by atoms with van der Waals surface area (Å²) in [6.45, 7) is 8.62. The molecule has 11 rings (SSSR count). The zero-order chi connectivity index (χ0) is 59.8. The van der Waals surface area contributed by atoms with Gasteiger partial charge in [0.1, 0.15) is 28.7 Å². The molecule has 85 heavy (non-hydrogen) atoms. The third-order valence-corrected chi connectivity index (χ3v) is 20.0. The lowest BCUT2D eigenvalue weighted by Crippen LogP contribution is -2.47. The Balaban J connectivity index is 1.27. The molecule has 0 aromatic heterocycles. The Kier molecular flexibility index (Phi) is 17.6. The number of rotatable bonds is 17. The molecule has 10 N–H and O–H groups in total. The molecular weight excluding hydrogens is 1290 g/mol. The fraction of sp³-hybridized carbons (Fsp3) is 0.239. The van der Waals surface area contributed by atoms with Gasteiger partial charge in [-0.2, -0.15) is 4.91 Å². The highest BCUT2D eigenvalue weighted by Crippen LogP contribution is 2.55. The summed E-state index contributed by atoms with van der Waals surface area (Å²) in [5.74, 6) is -4.03. The monoisotopic (exact) mass is 1360 g/mol. The zero-order valence-corrected chi connectivity index (χ0v) is 50.9. The van der Waals surface area contributed by atoms with E-state index in [0.29, 0.717) is 58.0 Å². The predicted molar refractivity (Wildman–Crippen MR) is 358 cm³/mol. The van der Waals surface area contributed by atoms with Crippen molar-refractivity contribution in [2.24, 2.45) is 51.6 Å². The largest absolute Gasteiger partial charge is 0.508 e. The lowest BCUT2D eigenvalue weighted by Gasteiger charge is -2.48. The van der Waals surface area contributed by atoms with E-state index in [-0.39, 0.29) is 60.1 Å². The van der Waals surface area contributed by atoms with Crippen molar-refractivity contribution in [1.29, 1.82) is 0 Å². The van der Waals surface area contributed by atoms with E-state index < -0.39 is 53.6 Å². The molecule has 0 aliphatic heterocycles. The summed E-state index contributed by atoms with van der Waals surface area (Å²) in [5, 5.41) is 77.5. The molecule has 0 saturated heterocycles. The van der Waals surface area contributed by atoms with Gasteiger partial charge in [-0.15, -0.1) is 4.91 Å². The van der Waals surface area contributed by atoms with E-state index in [9.17, 15) is 40.5 Å². The fourth-order valence-electron chi connectivity index (χ4n) is 14.4. The number of nitrogen functional groups attached to an aromatic ring is 1. The van der Waals surface area contributed by atoms with Gasteiger partial charge in [0.2, 0.25) is 0 Å². The Morgan fingerprint density at radius 3 is 2.36 bits per heavy atom. The fourth-order valence-corrected chi connectivity index (χ4v) is 16.2. The predicted octanol–water partition coefficient (Wildman–Crippen LogP) is 15.4. The van der Waals surface area contributed by atoms with Crippen molar-refractivity contribution >= 4 is 79.9 Å². The van der Waals surface area contributed by atoms with Gasteiger partial charge < -0.3 is 42.1 Å². The first-order valence-electron chi connectivity index (χ1n) is 28.6. The molecule has 4 aromatic carbocycles. The Bertz CT molecular complexity index is 3920. The second kappa shape index (κ2) is 25.2. The molecule has 0 saturated carbocycles. The molecule has 14 heteroatoms. The summed E-state index contributed by atoms with van der Waals surface area (Å²) in [4.78, 5) is 25.7. The number of halogens is 2. The number of allylic oxidation sites excluding steroid dienone is 20. The molecule has 11 atom stereocenters. The first-order chi connectivity index (χ1) is 41.1. The van der Waals surface area contributed by atoms with Crippen LogP contribution in [0.4, 0.5) is 5.69 Å². The number of anilines is 1. The second-order valence-corrected chi connectivity index (χ2v) is 25.1. The maximum Gasteiger partial charge on any atom is 0.120 e. The number of phenolic OH excluding ortho intramolecular Hbond substituents is 2. The number of aliphatic hydroxyl groups is 4. The highest BCUT2D eigenvalue weighted by molar-refractivity contribution is 14.1. The number of hydrogen-bond donors (Lipinski definition) is 8. The molecule has 0 radical (unpaired) electrons. The van der Waals surface area contributed by atoms with Crippen molar-refractivity contribution in [2.75, 3.05) is 12.3 Å². The van der Waals surface area contributed by atoms with E-state index in [0.717, 1.165) is 57.3 Å².